The number of nitrogens with one attached hydrogen (secondary N) is 1. The molecule has 0 aromatic carbocycles. The first-order valence-corrected chi connectivity index (χ1v) is 7.20. The van der Waals surface area contributed by atoms with Crippen molar-refractivity contribution in [3.05, 3.63) is 0 Å². The summed E-state index contributed by atoms with van der Waals surface area (Å²) in [6, 6.07) is -0.483. The summed E-state index contributed by atoms with van der Waals surface area (Å²) in [6.07, 6.45) is 3.92. The van der Waals surface area contributed by atoms with Gasteiger partial charge >= 0.3 is 0 Å². The van der Waals surface area contributed by atoms with Crippen LogP contribution >= 0.6 is 0 Å². The Hall–Kier alpha value is -1.63. The standard InChI is InChI=1S/C13H23N5O2/c14-13(15)16-6-3-4-10-12(20)17-9-8-18(10)7-2-1-5-11(9)19/h9-10H,1-8H2,(H,17,20)(H4,14,15,16)/t9-,10+/m1/s1. The van der Waals surface area contributed by atoms with Gasteiger partial charge < -0.3 is 16.8 Å². The predicted octanol–water partition coefficient (Wildman–Crippen LogP) is -1.04. The van der Waals surface area contributed by atoms with Gasteiger partial charge in [-0.15, -0.1) is 0 Å². The molecule has 2 heterocycles. The van der Waals surface area contributed by atoms with Crippen LogP contribution in [0, 0.1) is 0 Å². The number of amides is 1. The Labute approximate surface area is 118 Å². The molecule has 0 aromatic rings. The lowest BCUT2D eigenvalue weighted by atomic mass is 9.96. The largest absolute Gasteiger partial charge is 0.370 e. The number of Topliss-reactive ketones (excluding diaryl/α,β-unsaturated/α-hetero) is 1. The summed E-state index contributed by atoms with van der Waals surface area (Å²) >= 11 is 0. The van der Waals surface area contributed by atoms with E-state index in [0.717, 1.165) is 25.8 Å². The van der Waals surface area contributed by atoms with E-state index in [1.165, 1.54) is 0 Å². The molecule has 0 saturated carbocycles. The number of guanidine groups is 1. The van der Waals surface area contributed by atoms with E-state index in [1.54, 1.807) is 0 Å². The summed E-state index contributed by atoms with van der Waals surface area (Å²) in [7, 11) is 0. The van der Waals surface area contributed by atoms with Crippen molar-refractivity contribution < 1.29 is 9.59 Å². The van der Waals surface area contributed by atoms with Crippen molar-refractivity contribution in [2.45, 2.75) is 44.2 Å². The molecule has 2 saturated heterocycles. The minimum atomic E-state index is -0.322. The van der Waals surface area contributed by atoms with Gasteiger partial charge in [0.05, 0.1) is 6.04 Å². The van der Waals surface area contributed by atoms with Crippen LogP contribution in [0.4, 0.5) is 0 Å². The molecule has 20 heavy (non-hydrogen) atoms. The monoisotopic (exact) mass is 281 g/mol. The fraction of sp³-hybridized carbons (Fsp3) is 0.769. The Kier molecular flexibility index (Phi) is 4.94. The van der Waals surface area contributed by atoms with Crippen LogP contribution in [0.5, 0.6) is 0 Å². The van der Waals surface area contributed by atoms with Gasteiger partial charge in [0.2, 0.25) is 5.91 Å². The highest BCUT2D eigenvalue weighted by atomic mass is 16.2. The van der Waals surface area contributed by atoms with Crippen molar-refractivity contribution in [3.8, 4) is 0 Å². The molecule has 2 aliphatic rings. The minimum Gasteiger partial charge on any atom is -0.370 e. The predicted molar refractivity (Wildman–Crippen MR) is 76.1 cm³/mol. The van der Waals surface area contributed by atoms with E-state index in [2.05, 4.69) is 15.2 Å². The molecule has 2 bridgehead atoms. The number of ketones is 1. The normalized spacial score (nSPS) is 30.1. The Bertz CT molecular complexity index is 406. The quantitative estimate of drug-likeness (QED) is 0.346. The molecule has 3 atom stereocenters. The van der Waals surface area contributed by atoms with Gasteiger partial charge in [-0.3, -0.25) is 19.5 Å². The van der Waals surface area contributed by atoms with Crippen LogP contribution in [0.15, 0.2) is 4.99 Å². The molecule has 1 amide bonds. The molecule has 0 radical (unpaired) electrons. The number of aliphatic imine (C=N–C) groups is 1. The molecule has 5 N–H and O–H groups in total. The van der Waals surface area contributed by atoms with E-state index in [1.807, 2.05) is 0 Å². The molecule has 7 nitrogen and oxygen atoms in total. The number of hydrogen-bond acceptors (Lipinski definition) is 4. The molecule has 0 aliphatic carbocycles. The number of nitrogens with zero attached hydrogens (tertiary/aromatic N) is 2. The minimum absolute atomic E-state index is 0.0406. The van der Waals surface area contributed by atoms with Gasteiger partial charge in [0.1, 0.15) is 6.04 Å². The van der Waals surface area contributed by atoms with E-state index in [-0.39, 0.29) is 29.7 Å². The summed E-state index contributed by atoms with van der Waals surface area (Å²) in [5.74, 6) is 0.193. The van der Waals surface area contributed by atoms with Crippen LogP contribution in [-0.4, -0.2) is 54.3 Å². The number of carbonyl (C=O) groups is 2. The van der Waals surface area contributed by atoms with Gasteiger partial charge in [0.25, 0.3) is 0 Å². The lowest BCUT2D eigenvalue weighted by Gasteiger charge is -2.40. The van der Waals surface area contributed by atoms with E-state index in [9.17, 15) is 9.59 Å². The first kappa shape index (κ1) is 14.8. The second-order valence-electron chi connectivity index (χ2n) is 5.44. The third kappa shape index (κ3) is 3.69. The molecular formula is C13H23N5O2. The summed E-state index contributed by atoms with van der Waals surface area (Å²) in [5, 5.41) is 2.85. The smallest absolute Gasteiger partial charge is 0.237 e. The molecule has 0 aromatic heterocycles. The van der Waals surface area contributed by atoms with Crippen LogP contribution in [-0.2, 0) is 9.59 Å². The molecule has 2 fully saturated rings. The molecule has 2 rings (SSSR count). The van der Waals surface area contributed by atoms with Gasteiger partial charge in [0, 0.05) is 19.5 Å². The second kappa shape index (κ2) is 6.69. The van der Waals surface area contributed by atoms with Gasteiger partial charge in [-0.2, -0.15) is 0 Å². The Morgan fingerprint density at radius 3 is 2.90 bits per heavy atom. The average molecular weight is 281 g/mol. The number of carbonyl (C=O) groups excluding carboxylic acids is 2. The number of rotatable bonds is 4. The van der Waals surface area contributed by atoms with Gasteiger partial charge in [-0.05, 0) is 32.2 Å². The maximum absolute atomic E-state index is 12.2. The first-order chi connectivity index (χ1) is 9.58. The van der Waals surface area contributed by atoms with Gasteiger partial charge in [-0.25, -0.2) is 0 Å². The number of fused-ring (bicyclic) bond motifs is 2. The van der Waals surface area contributed by atoms with Crippen LogP contribution in [0.3, 0.4) is 0 Å². The first-order valence-electron chi connectivity index (χ1n) is 7.20. The zero-order valence-corrected chi connectivity index (χ0v) is 11.7. The average Bonchev–Trinajstić information content (AvgIpc) is 2.39. The van der Waals surface area contributed by atoms with Crippen LogP contribution in [0.25, 0.3) is 0 Å². The van der Waals surface area contributed by atoms with Crippen molar-refractivity contribution >= 4 is 17.6 Å². The molecular weight excluding hydrogens is 258 g/mol. The van der Waals surface area contributed by atoms with Crippen molar-refractivity contribution in [1.29, 1.82) is 0 Å². The highest BCUT2D eigenvalue weighted by molar-refractivity contribution is 5.92. The van der Waals surface area contributed by atoms with E-state index < -0.39 is 0 Å². The van der Waals surface area contributed by atoms with E-state index >= 15 is 0 Å². The highest BCUT2D eigenvalue weighted by Crippen LogP contribution is 2.19. The Balaban J connectivity index is 1.93. The van der Waals surface area contributed by atoms with Crippen molar-refractivity contribution in [3.63, 3.8) is 0 Å². The van der Waals surface area contributed by atoms with E-state index in [0.29, 0.717) is 25.9 Å². The van der Waals surface area contributed by atoms with Crippen molar-refractivity contribution in [2.75, 3.05) is 19.6 Å². The third-order valence-electron chi connectivity index (χ3n) is 3.91. The van der Waals surface area contributed by atoms with Crippen LogP contribution in [0.1, 0.15) is 32.1 Å². The van der Waals surface area contributed by atoms with Gasteiger partial charge in [0.15, 0.2) is 11.7 Å². The van der Waals surface area contributed by atoms with E-state index in [4.69, 9.17) is 11.5 Å². The molecule has 0 spiro atoms. The molecule has 7 heteroatoms. The summed E-state index contributed by atoms with van der Waals surface area (Å²) in [6.45, 7) is 2.05. The third-order valence-corrected chi connectivity index (χ3v) is 3.91. The number of nitrogens with two attached hydrogens (primary N) is 2. The maximum Gasteiger partial charge on any atom is 0.237 e. The van der Waals surface area contributed by atoms with Gasteiger partial charge in [-0.1, -0.05) is 0 Å². The lowest BCUT2D eigenvalue weighted by molar-refractivity contribution is -0.137. The fourth-order valence-corrected chi connectivity index (χ4v) is 2.87. The fourth-order valence-electron chi connectivity index (χ4n) is 2.87. The lowest BCUT2D eigenvalue weighted by Crippen LogP contribution is -2.62. The molecule has 2 aliphatic heterocycles. The Morgan fingerprint density at radius 2 is 2.15 bits per heavy atom. The summed E-state index contributed by atoms with van der Waals surface area (Å²) in [5.41, 5.74) is 10.5. The highest BCUT2D eigenvalue weighted by Gasteiger charge is 2.37. The Morgan fingerprint density at radius 1 is 1.35 bits per heavy atom. The van der Waals surface area contributed by atoms with Crippen molar-refractivity contribution in [1.82, 2.24) is 10.2 Å². The topological polar surface area (TPSA) is 114 Å². The molecule has 112 valence electrons. The van der Waals surface area contributed by atoms with Crippen LogP contribution in [0.2, 0.25) is 0 Å². The van der Waals surface area contributed by atoms with Crippen LogP contribution < -0.4 is 16.8 Å². The number of piperazine rings is 1. The number of hydrogen-bond donors (Lipinski definition) is 3. The van der Waals surface area contributed by atoms with Crippen molar-refractivity contribution in [2.24, 2.45) is 16.5 Å². The SMILES string of the molecule is NC(N)=NCCC[C@H]1C(=O)N[C@@H]2CN1CCCCC2=O. The molecule has 1 unspecified atom stereocenters. The second-order valence-corrected chi connectivity index (χ2v) is 5.44. The summed E-state index contributed by atoms with van der Waals surface area (Å²) < 4.78 is 0. The maximum atomic E-state index is 12.2. The zero-order chi connectivity index (χ0) is 14.5. The zero-order valence-electron chi connectivity index (χ0n) is 11.7. The summed E-state index contributed by atoms with van der Waals surface area (Å²) in [4.78, 5) is 30.1.